The quantitative estimate of drug-likeness (QED) is 0.691. The Morgan fingerprint density at radius 2 is 1.67 bits per heavy atom. The first-order chi connectivity index (χ1) is 7.11. The highest BCUT2D eigenvalue weighted by Gasteiger charge is 2.25. The van der Waals surface area contributed by atoms with Gasteiger partial charge in [-0.3, -0.25) is 0 Å². The van der Waals surface area contributed by atoms with Crippen molar-refractivity contribution in [2.75, 3.05) is 34.7 Å². The van der Waals surface area contributed by atoms with Crippen molar-refractivity contribution in [3.8, 4) is 0 Å². The van der Waals surface area contributed by atoms with Crippen LogP contribution in [0.25, 0.3) is 0 Å². The van der Waals surface area contributed by atoms with E-state index in [-0.39, 0.29) is 0 Å². The van der Waals surface area contributed by atoms with Crippen LogP contribution in [0.15, 0.2) is 0 Å². The molecule has 1 aliphatic carbocycles. The Kier molecular flexibility index (Phi) is 5.62. The molecule has 0 heterocycles. The number of rotatable bonds is 5. The summed E-state index contributed by atoms with van der Waals surface area (Å²) < 4.78 is 0. The second kappa shape index (κ2) is 6.49. The summed E-state index contributed by atoms with van der Waals surface area (Å²) in [7, 11) is 8.83. The Bertz CT molecular complexity index is 166. The Labute approximate surface area is 95.6 Å². The SMILES string of the molecule is CN(C)CCCC1CCCCC1N(C)C. The van der Waals surface area contributed by atoms with Crippen LogP contribution in [0, 0.1) is 5.92 Å². The zero-order valence-electron chi connectivity index (χ0n) is 11.0. The van der Waals surface area contributed by atoms with Crippen molar-refractivity contribution < 1.29 is 0 Å². The molecule has 0 bridgehead atoms. The fourth-order valence-corrected chi connectivity index (χ4v) is 2.87. The highest BCUT2D eigenvalue weighted by molar-refractivity contribution is 4.80. The van der Waals surface area contributed by atoms with Gasteiger partial charge in [-0.15, -0.1) is 0 Å². The number of nitrogens with zero attached hydrogens (tertiary/aromatic N) is 2. The van der Waals surface area contributed by atoms with Gasteiger partial charge in [-0.2, -0.15) is 0 Å². The van der Waals surface area contributed by atoms with Gasteiger partial charge in [-0.25, -0.2) is 0 Å². The molecule has 0 spiro atoms. The van der Waals surface area contributed by atoms with Crippen molar-refractivity contribution in [1.29, 1.82) is 0 Å². The van der Waals surface area contributed by atoms with Crippen molar-refractivity contribution in [1.82, 2.24) is 9.80 Å². The van der Waals surface area contributed by atoms with Crippen molar-refractivity contribution in [2.45, 2.75) is 44.6 Å². The summed E-state index contributed by atoms with van der Waals surface area (Å²) in [5.41, 5.74) is 0. The third-order valence-corrected chi connectivity index (χ3v) is 3.71. The van der Waals surface area contributed by atoms with Crippen molar-refractivity contribution >= 4 is 0 Å². The minimum Gasteiger partial charge on any atom is -0.309 e. The van der Waals surface area contributed by atoms with Gasteiger partial charge in [-0.1, -0.05) is 12.8 Å². The second-order valence-corrected chi connectivity index (χ2v) is 5.52. The smallest absolute Gasteiger partial charge is 0.0117 e. The van der Waals surface area contributed by atoms with E-state index in [2.05, 4.69) is 38.0 Å². The molecule has 0 aromatic heterocycles. The van der Waals surface area contributed by atoms with E-state index < -0.39 is 0 Å². The third-order valence-electron chi connectivity index (χ3n) is 3.71. The number of hydrogen-bond donors (Lipinski definition) is 0. The molecule has 1 saturated carbocycles. The molecule has 15 heavy (non-hydrogen) atoms. The fraction of sp³-hybridized carbons (Fsp3) is 1.00. The van der Waals surface area contributed by atoms with E-state index in [1.807, 2.05) is 0 Å². The van der Waals surface area contributed by atoms with Crippen LogP contribution >= 0.6 is 0 Å². The van der Waals surface area contributed by atoms with Gasteiger partial charge >= 0.3 is 0 Å². The average molecular weight is 212 g/mol. The summed E-state index contributed by atoms with van der Waals surface area (Å²) in [5.74, 6) is 0.952. The predicted molar refractivity (Wildman–Crippen MR) is 67.2 cm³/mol. The zero-order valence-corrected chi connectivity index (χ0v) is 11.0. The minimum atomic E-state index is 0.848. The molecule has 2 heteroatoms. The lowest BCUT2D eigenvalue weighted by molar-refractivity contribution is 0.144. The Hall–Kier alpha value is -0.0800. The fourth-order valence-electron chi connectivity index (χ4n) is 2.87. The van der Waals surface area contributed by atoms with E-state index in [9.17, 15) is 0 Å². The lowest BCUT2D eigenvalue weighted by atomic mass is 9.81. The molecule has 0 aromatic carbocycles. The molecule has 1 rings (SSSR count). The van der Waals surface area contributed by atoms with E-state index in [4.69, 9.17) is 0 Å². The molecule has 2 atom stereocenters. The van der Waals surface area contributed by atoms with E-state index in [0.29, 0.717) is 0 Å². The van der Waals surface area contributed by atoms with Crippen LogP contribution in [0.1, 0.15) is 38.5 Å². The summed E-state index contributed by atoms with van der Waals surface area (Å²) in [6.07, 6.45) is 8.54. The first-order valence-corrected chi connectivity index (χ1v) is 6.42. The van der Waals surface area contributed by atoms with Gasteiger partial charge in [0.05, 0.1) is 0 Å². The largest absolute Gasteiger partial charge is 0.309 e. The third kappa shape index (κ3) is 4.52. The highest BCUT2D eigenvalue weighted by Crippen LogP contribution is 2.30. The van der Waals surface area contributed by atoms with Crippen LogP contribution in [-0.2, 0) is 0 Å². The monoisotopic (exact) mass is 212 g/mol. The predicted octanol–water partition coefficient (Wildman–Crippen LogP) is 2.45. The lowest BCUT2D eigenvalue weighted by Crippen LogP contribution is -2.37. The van der Waals surface area contributed by atoms with Crippen molar-refractivity contribution in [3.05, 3.63) is 0 Å². The van der Waals surface area contributed by atoms with Crippen LogP contribution in [0.4, 0.5) is 0 Å². The maximum atomic E-state index is 2.44. The zero-order chi connectivity index (χ0) is 11.3. The van der Waals surface area contributed by atoms with Crippen LogP contribution in [0.5, 0.6) is 0 Å². The second-order valence-electron chi connectivity index (χ2n) is 5.52. The summed E-state index contributed by atoms with van der Waals surface area (Å²) in [6.45, 7) is 1.25. The summed E-state index contributed by atoms with van der Waals surface area (Å²) in [4.78, 5) is 4.74. The van der Waals surface area contributed by atoms with Crippen molar-refractivity contribution in [2.24, 2.45) is 5.92 Å². The molecular formula is C13H28N2. The topological polar surface area (TPSA) is 6.48 Å². The first-order valence-electron chi connectivity index (χ1n) is 6.42. The Morgan fingerprint density at radius 1 is 1.00 bits per heavy atom. The molecular weight excluding hydrogens is 184 g/mol. The lowest BCUT2D eigenvalue weighted by Gasteiger charge is -2.36. The molecule has 0 saturated heterocycles. The van der Waals surface area contributed by atoms with Gasteiger partial charge in [-0.05, 0) is 66.3 Å². The highest BCUT2D eigenvalue weighted by atomic mass is 15.1. The maximum Gasteiger partial charge on any atom is 0.0117 e. The van der Waals surface area contributed by atoms with Crippen LogP contribution in [-0.4, -0.2) is 50.6 Å². The van der Waals surface area contributed by atoms with Crippen LogP contribution < -0.4 is 0 Å². The molecule has 1 fully saturated rings. The van der Waals surface area contributed by atoms with Gasteiger partial charge < -0.3 is 9.80 Å². The van der Waals surface area contributed by atoms with Gasteiger partial charge in [0.15, 0.2) is 0 Å². The van der Waals surface area contributed by atoms with E-state index in [1.54, 1.807) is 0 Å². The average Bonchev–Trinajstić information content (AvgIpc) is 2.17. The first kappa shape index (κ1) is 13.0. The van der Waals surface area contributed by atoms with Gasteiger partial charge in [0.1, 0.15) is 0 Å². The Balaban J connectivity index is 2.29. The Morgan fingerprint density at radius 3 is 2.27 bits per heavy atom. The summed E-state index contributed by atoms with van der Waals surface area (Å²) >= 11 is 0. The molecule has 90 valence electrons. The van der Waals surface area contributed by atoms with Crippen LogP contribution in [0.2, 0.25) is 0 Å². The minimum absolute atomic E-state index is 0.848. The van der Waals surface area contributed by atoms with Gasteiger partial charge in [0, 0.05) is 6.04 Å². The standard InChI is InChI=1S/C13H28N2/c1-14(2)11-7-9-12-8-5-6-10-13(12)15(3)4/h12-13H,5-11H2,1-4H3. The van der Waals surface area contributed by atoms with Gasteiger partial charge in [0.25, 0.3) is 0 Å². The normalized spacial score (nSPS) is 27.6. The maximum absolute atomic E-state index is 2.44. The van der Waals surface area contributed by atoms with Gasteiger partial charge in [0.2, 0.25) is 0 Å². The molecule has 0 N–H and O–H groups in total. The molecule has 1 aliphatic rings. The van der Waals surface area contributed by atoms with Crippen LogP contribution in [0.3, 0.4) is 0 Å². The van der Waals surface area contributed by atoms with E-state index >= 15 is 0 Å². The molecule has 0 aliphatic heterocycles. The molecule has 0 aromatic rings. The molecule has 2 unspecified atom stereocenters. The summed E-state index contributed by atoms with van der Waals surface area (Å²) in [6, 6.07) is 0.848. The van der Waals surface area contributed by atoms with Crippen molar-refractivity contribution in [3.63, 3.8) is 0 Å². The summed E-state index contributed by atoms with van der Waals surface area (Å²) in [5, 5.41) is 0. The van der Waals surface area contributed by atoms with E-state index in [1.165, 1.54) is 45.1 Å². The number of hydrogen-bond acceptors (Lipinski definition) is 2. The molecule has 0 amide bonds. The molecule has 2 nitrogen and oxygen atoms in total. The molecule has 0 radical (unpaired) electrons. The van der Waals surface area contributed by atoms with E-state index in [0.717, 1.165) is 12.0 Å².